The number of carbonyl (C=O) groups excluding carboxylic acids is 1. The van der Waals surface area contributed by atoms with Crippen molar-refractivity contribution >= 4 is 16.9 Å². The van der Waals surface area contributed by atoms with Gasteiger partial charge in [0.15, 0.2) is 0 Å². The maximum absolute atomic E-state index is 12.6. The van der Waals surface area contributed by atoms with Crippen LogP contribution in [0.25, 0.3) is 11.0 Å². The Balaban J connectivity index is 1.41. The summed E-state index contributed by atoms with van der Waals surface area (Å²) in [6.45, 7) is 4.79. The summed E-state index contributed by atoms with van der Waals surface area (Å²) in [5, 5.41) is 11.5. The number of aromatic nitrogens is 3. The van der Waals surface area contributed by atoms with Gasteiger partial charge in [-0.15, -0.1) is 5.10 Å². The number of para-hydroxylation sites is 1. The van der Waals surface area contributed by atoms with Gasteiger partial charge in [0.05, 0.1) is 24.2 Å². The molecule has 4 rings (SSSR count). The highest BCUT2D eigenvalue weighted by Crippen LogP contribution is 2.28. The van der Waals surface area contributed by atoms with Crippen LogP contribution >= 0.6 is 0 Å². The molecule has 1 aliphatic heterocycles. The van der Waals surface area contributed by atoms with Gasteiger partial charge in [0.2, 0.25) is 5.91 Å². The lowest BCUT2D eigenvalue weighted by molar-refractivity contribution is -0.122. The Morgan fingerprint density at radius 3 is 3.00 bits per heavy atom. The third kappa shape index (κ3) is 3.65. The van der Waals surface area contributed by atoms with E-state index in [0.717, 1.165) is 41.8 Å². The van der Waals surface area contributed by atoms with Crippen LogP contribution in [-0.4, -0.2) is 27.5 Å². The number of carbonyl (C=O) groups is 1. The topological polar surface area (TPSA) is 69.0 Å². The van der Waals surface area contributed by atoms with E-state index < -0.39 is 0 Å². The van der Waals surface area contributed by atoms with Crippen LogP contribution in [0, 0.1) is 0 Å². The summed E-state index contributed by atoms with van der Waals surface area (Å²) < 4.78 is 7.48. The van der Waals surface area contributed by atoms with Gasteiger partial charge in [-0.05, 0) is 56.0 Å². The van der Waals surface area contributed by atoms with Crippen LogP contribution in [0.4, 0.5) is 0 Å². The molecule has 1 amide bonds. The average molecular weight is 364 g/mol. The minimum atomic E-state index is -0.0680. The number of rotatable bonds is 5. The lowest BCUT2D eigenvalue weighted by atomic mass is 10.00. The molecule has 0 fully saturated rings. The van der Waals surface area contributed by atoms with E-state index in [9.17, 15) is 4.79 Å². The molecule has 1 aromatic heterocycles. The first kappa shape index (κ1) is 17.5. The second kappa shape index (κ2) is 7.39. The van der Waals surface area contributed by atoms with Gasteiger partial charge < -0.3 is 10.1 Å². The minimum Gasteiger partial charge on any atom is -0.493 e. The SMILES string of the molecule is C[C@H](NC(=O)C[C@H](C)n1nnc2ccccc21)c1ccc2c(c1)CCCO2. The summed E-state index contributed by atoms with van der Waals surface area (Å²) in [5.74, 6) is 0.971. The Bertz CT molecular complexity index is 966. The molecule has 0 radical (unpaired) electrons. The van der Waals surface area contributed by atoms with E-state index >= 15 is 0 Å². The molecule has 6 heteroatoms. The summed E-state index contributed by atoms with van der Waals surface area (Å²) in [6.07, 6.45) is 2.42. The molecule has 0 saturated heterocycles. The predicted molar refractivity (Wildman–Crippen MR) is 104 cm³/mol. The summed E-state index contributed by atoms with van der Waals surface area (Å²) in [6, 6.07) is 13.9. The van der Waals surface area contributed by atoms with Crippen molar-refractivity contribution in [2.24, 2.45) is 0 Å². The molecule has 6 nitrogen and oxygen atoms in total. The van der Waals surface area contributed by atoms with Crippen molar-refractivity contribution in [3.05, 3.63) is 53.6 Å². The van der Waals surface area contributed by atoms with Gasteiger partial charge in [-0.1, -0.05) is 29.5 Å². The van der Waals surface area contributed by atoms with E-state index in [2.05, 4.69) is 21.7 Å². The first-order valence-electron chi connectivity index (χ1n) is 9.47. The lowest BCUT2D eigenvalue weighted by Gasteiger charge is -2.21. The molecule has 0 saturated carbocycles. The number of nitrogens with one attached hydrogen (secondary N) is 1. The molecular formula is C21H24N4O2. The Hall–Kier alpha value is -2.89. The van der Waals surface area contributed by atoms with E-state index in [-0.39, 0.29) is 18.0 Å². The van der Waals surface area contributed by atoms with Crippen LogP contribution < -0.4 is 10.1 Å². The zero-order valence-electron chi connectivity index (χ0n) is 15.7. The molecule has 140 valence electrons. The van der Waals surface area contributed by atoms with Crippen LogP contribution in [0.15, 0.2) is 42.5 Å². The van der Waals surface area contributed by atoms with Crippen molar-refractivity contribution in [1.82, 2.24) is 20.3 Å². The Morgan fingerprint density at radius 2 is 2.11 bits per heavy atom. The van der Waals surface area contributed by atoms with Crippen molar-refractivity contribution in [2.45, 2.75) is 45.2 Å². The monoisotopic (exact) mass is 364 g/mol. The lowest BCUT2D eigenvalue weighted by Crippen LogP contribution is -2.29. The fourth-order valence-corrected chi connectivity index (χ4v) is 3.60. The highest BCUT2D eigenvalue weighted by molar-refractivity contribution is 5.78. The Labute approximate surface area is 158 Å². The highest BCUT2D eigenvalue weighted by atomic mass is 16.5. The largest absolute Gasteiger partial charge is 0.493 e. The summed E-state index contributed by atoms with van der Waals surface area (Å²) >= 11 is 0. The normalized spacial score (nSPS) is 15.6. The van der Waals surface area contributed by atoms with Gasteiger partial charge in [0, 0.05) is 6.42 Å². The number of nitrogens with zero attached hydrogens (tertiary/aromatic N) is 3. The van der Waals surface area contributed by atoms with E-state index in [1.807, 2.05) is 54.9 Å². The fraction of sp³-hybridized carbons (Fsp3) is 0.381. The van der Waals surface area contributed by atoms with Gasteiger partial charge in [-0.25, -0.2) is 4.68 Å². The number of ether oxygens (including phenoxy) is 1. The summed E-state index contributed by atoms with van der Waals surface area (Å²) in [7, 11) is 0. The molecule has 3 aromatic rings. The quantitative estimate of drug-likeness (QED) is 0.751. The van der Waals surface area contributed by atoms with Crippen molar-refractivity contribution in [3.8, 4) is 5.75 Å². The average Bonchev–Trinajstić information content (AvgIpc) is 3.11. The zero-order chi connectivity index (χ0) is 18.8. The van der Waals surface area contributed by atoms with Crippen LogP contribution in [0.5, 0.6) is 5.75 Å². The number of aryl methyl sites for hydroxylation is 1. The number of fused-ring (bicyclic) bond motifs is 2. The highest BCUT2D eigenvalue weighted by Gasteiger charge is 2.18. The Kier molecular flexibility index (Phi) is 4.79. The van der Waals surface area contributed by atoms with Crippen molar-refractivity contribution in [2.75, 3.05) is 6.61 Å². The third-order valence-corrected chi connectivity index (χ3v) is 5.09. The third-order valence-electron chi connectivity index (χ3n) is 5.09. The van der Waals surface area contributed by atoms with Gasteiger partial charge in [-0.2, -0.15) is 0 Å². The standard InChI is InChI=1S/C21H24N4O2/c1-14(25-19-8-4-3-7-18(19)23-24-25)12-21(26)22-15(2)16-9-10-20-17(13-16)6-5-11-27-20/h3-4,7-10,13-15H,5-6,11-12H2,1-2H3,(H,22,26)/t14-,15-/m0/s1. The Morgan fingerprint density at radius 1 is 1.26 bits per heavy atom. The molecule has 1 N–H and O–H groups in total. The molecule has 2 aromatic carbocycles. The number of benzene rings is 2. The van der Waals surface area contributed by atoms with Gasteiger partial charge in [-0.3, -0.25) is 4.79 Å². The molecular weight excluding hydrogens is 340 g/mol. The van der Waals surface area contributed by atoms with Crippen LogP contribution in [-0.2, 0) is 11.2 Å². The molecule has 0 bridgehead atoms. The van der Waals surface area contributed by atoms with Crippen molar-refractivity contribution in [1.29, 1.82) is 0 Å². The molecule has 0 spiro atoms. The van der Waals surface area contributed by atoms with E-state index in [1.54, 1.807) is 0 Å². The van der Waals surface area contributed by atoms with Crippen molar-refractivity contribution < 1.29 is 9.53 Å². The molecule has 0 aliphatic carbocycles. The first-order chi connectivity index (χ1) is 13.1. The van der Waals surface area contributed by atoms with E-state index in [0.29, 0.717) is 6.42 Å². The number of hydrogen-bond donors (Lipinski definition) is 1. The number of hydrogen-bond acceptors (Lipinski definition) is 4. The minimum absolute atomic E-state index is 0.00329. The number of amides is 1. The fourth-order valence-electron chi connectivity index (χ4n) is 3.60. The van der Waals surface area contributed by atoms with Gasteiger partial charge >= 0.3 is 0 Å². The van der Waals surface area contributed by atoms with E-state index in [4.69, 9.17) is 4.74 Å². The molecule has 2 atom stereocenters. The smallest absolute Gasteiger partial charge is 0.222 e. The van der Waals surface area contributed by atoms with Crippen LogP contribution in [0.3, 0.4) is 0 Å². The first-order valence-corrected chi connectivity index (χ1v) is 9.47. The van der Waals surface area contributed by atoms with Gasteiger partial charge in [0.25, 0.3) is 0 Å². The molecule has 1 aliphatic rings. The van der Waals surface area contributed by atoms with E-state index in [1.165, 1.54) is 5.56 Å². The second-order valence-corrected chi connectivity index (χ2v) is 7.18. The van der Waals surface area contributed by atoms with Crippen LogP contribution in [0.2, 0.25) is 0 Å². The van der Waals surface area contributed by atoms with Gasteiger partial charge in [0.1, 0.15) is 11.3 Å². The van der Waals surface area contributed by atoms with Crippen LogP contribution in [0.1, 0.15) is 49.9 Å². The predicted octanol–water partition coefficient (Wildman–Crippen LogP) is 3.58. The molecule has 2 heterocycles. The molecule has 27 heavy (non-hydrogen) atoms. The maximum atomic E-state index is 12.6. The zero-order valence-corrected chi connectivity index (χ0v) is 15.7. The molecule has 0 unspecified atom stereocenters. The summed E-state index contributed by atoms with van der Waals surface area (Å²) in [5.41, 5.74) is 4.11. The maximum Gasteiger partial charge on any atom is 0.222 e. The second-order valence-electron chi connectivity index (χ2n) is 7.18. The van der Waals surface area contributed by atoms with Crippen molar-refractivity contribution in [3.63, 3.8) is 0 Å². The summed E-state index contributed by atoms with van der Waals surface area (Å²) in [4.78, 5) is 12.6.